The molecule has 0 aliphatic rings. The number of nitrogens with zero attached hydrogens (tertiary/aromatic N) is 1. The number of anilines is 1. The smallest absolute Gasteiger partial charge is 0.237 e. The van der Waals surface area contributed by atoms with Crippen LogP contribution in [0.5, 0.6) is 0 Å². The molecule has 25 heavy (non-hydrogen) atoms. The van der Waals surface area contributed by atoms with Crippen molar-refractivity contribution in [2.75, 3.05) is 25.0 Å². The van der Waals surface area contributed by atoms with Crippen LogP contribution in [-0.4, -0.2) is 37.1 Å². The van der Waals surface area contributed by atoms with Crippen LogP contribution in [0, 0.1) is 0 Å². The molecule has 4 N–H and O–H groups in total. The summed E-state index contributed by atoms with van der Waals surface area (Å²) < 4.78 is 0. The minimum atomic E-state index is -0.554. The average Bonchev–Trinajstić information content (AvgIpc) is 3.05. The zero-order valence-corrected chi connectivity index (χ0v) is 14.4. The largest absolute Gasteiger partial charge is 0.373 e. The van der Waals surface area contributed by atoms with Crippen LogP contribution in [0.25, 0.3) is 10.9 Å². The number of fused-ring (bicyclic) bond motifs is 1. The Labute approximate surface area is 147 Å². The summed E-state index contributed by atoms with van der Waals surface area (Å²) in [5.74, 6) is -0.119. The zero-order chi connectivity index (χ0) is 17.6. The van der Waals surface area contributed by atoms with Gasteiger partial charge in [0.25, 0.3) is 0 Å². The number of aromatic amines is 1. The Morgan fingerprint density at radius 3 is 2.68 bits per heavy atom. The minimum absolute atomic E-state index is 0.119. The second-order valence-electron chi connectivity index (χ2n) is 6.22. The number of amides is 1. The maximum Gasteiger partial charge on any atom is 0.237 e. The quantitative estimate of drug-likeness (QED) is 0.620. The number of para-hydroxylation sites is 2. The molecule has 0 saturated heterocycles. The number of hydrogen-bond donors (Lipinski definition) is 3. The van der Waals surface area contributed by atoms with Gasteiger partial charge in [-0.05, 0) is 30.2 Å². The predicted molar refractivity (Wildman–Crippen MR) is 103 cm³/mol. The van der Waals surface area contributed by atoms with E-state index in [-0.39, 0.29) is 5.91 Å². The van der Waals surface area contributed by atoms with E-state index >= 15 is 0 Å². The van der Waals surface area contributed by atoms with Crippen molar-refractivity contribution in [1.82, 2.24) is 10.3 Å². The maximum absolute atomic E-state index is 12.3. The molecule has 0 bridgehead atoms. The number of H-pyrrole nitrogens is 1. The molecule has 1 heterocycles. The van der Waals surface area contributed by atoms with E-state index < -0.39 is 6.04 Å². The SMILES string of the molecule is CN(CCNC(=O)[C@@H](N)Cc1c[nH]c2ccccc12)c1ccccc1. The Bertz CT molecular complexity index is 828. The molecule has 0 unspecified atom stereocenters. The third kappa shape index (κ3) is 4.19. The molecule has 2 aromatic carbocycles. The second kappa shape index (κ2) is 7.85. The van der Waals surface area contributed by atoms with Crippen LogP contribution in [-0.2, 0) is 11.2 Å². The van der Waals surface area contributed by atoms with E-state index in [9.17, 15) is 4.79 Å². The molecule has 1 atom stereocenters. The number of benzene rings is 2. The molecule has 3 aromatic rings. The Balaban J connectivity index is 1.49. The number of nitrogens with one attached hydrogen (secondary N) is 2. The van der Waals surface area contributed by atoms with Gasteiger partial charge in [0.05, 0.1) is 6.04 Å². The first-order valence-electron chi connectivity index (χ1n) is 8.49. The van der Waals surface area contributed by atoms with Gasteiger partial charge in [-0.2, -0.15) is 0 Å². The van der Waals surface area contributed by atoms with E-state index in [2.05, 4.69) is 15.2 Å². The van der Waals surface area contributed by atoms with Gasteiger partial charge in [0.15, 0.2) is 0 Å². The minimum Gasteiger partial charge on any atom is -0.373 e. The summed E-state index contributed by atoms with van der Waals surface area (Å²) in [4.78, 5) is 17.6. The van der Waals surface area contributed by atoms with Gasteiger partial charge >= 0.3 is 0 Å². The molecular formula is C20H24N4O. The lowest BCUT2D eigenvalue weighted by Gasteiger charge is -2.20. The van der Waals surface area contributed by atoms with Crippen LogP contribution in [0.15, 0.2) is 60.8 Å². The molecule has 0 aliphatic heterocycles. The van der Waals surface area contributed by atoms with Gasteiger partial charge in [-0.25, -0.2) is 0 Å². The van der Waals surface area contributed by atoms with Crippen LogP contribution >= 0.6 is 0 Å². The van der Waals surface area contributed by atoms with Crippen LogP contribution < -0.4 is 16.0 Å². The summed E-state index contributed by atoms with van der Waals surface area (Å²) in [7, 11) is 2.01. The van der Waals surface area contributed by atoms with Gasteiger partial charge in [0, 0.05) is 42.9 Å². The van der Waals surface area contributed by atoms with Crippen LogP contribution in [0.1, 0.15) is 5.56 Å². The van der Waals surface area contributed by atoms with Gasteiger partial charge in [0.2, 0.25) is 5.91 Å². The standard InChI is InChI=1S/C20H24N4O/c1-24(16-7-3-2-4-8-16)12-11-22-20(25)18(21)13-15-14-23-19-10-6-5-9-17(15)19/h2-10,14,18,23H,11-13,21H2,1H3,(H,22,25)/t18-/m0/s1. The molecule has 0 spiro atoms. The van der Waals surface area contributed by atoms with E-state index in [0.717, 1.165) is 28.7 Å². The van der Waals surface area contributed by atoms with Crippen molar-refractivity contribution in [3.8, 4) is 0 Å². The number of carbonyl (C=O) groups excluding carboxylic acids is 1. The van der Waals surface area contributed by atoms with E-state index in [4.69, 9.17) is 5.73 Å². The molecule has 3 rings (SSSR count). The number of aromatic nitrogens is 1. The van der Waals surface area contributed by atoms with Crippen molar-refractivity contribution in [3.63, 3.8) is 0 Å². The highest BCUT2D eigenvalue weighted by molar-refractivity contribution is 5.86. The Morgan fingerprint density at radius 1 is 1.16 bits per heavy atom. The molecule has 1 amide bonds. The Hall–Kier alpha value is -2.79. The zero-order valence-electron chi connectivity index (χ0n) is 14.4. The van der Waals surface area contributed by atoms with Crippen molar-refractivity contribution < 1.29 is 4.79 Å². The van der Waals surface area contributed by atoms with Crippen LogP contribution in [0.3, 0.4) is 0 Å². The summed E-state index contributed by atoms with van der Waals surface area (Å²) in [6.45, 7) is 1.29. The highest BCUT2D eigenvalue weighted by atomic mass is 16.2. The first kappa shape index (κ1) is 17.0. The first-order chi connectivity index (χ1) is 12.1. The monoisotopic (exact) mass is 336 g/mol. The predicted octanol–water partition coefficient (Wildman–Crippen LogP) is 2.29. The highest BCUT2D eigenvalue weighted by Crippen LogP contribution is 2.18. The number of nitrogens with two attached hydrogens (primary N) is 1. The van der Waals surface area contributed by atoms with Crippen LogP contribution in [0.2, 0.25) is 0 Å². The topological polar surface area (TPSA) is 74.2 Å². The molecule has 0 radical (unpaired) electrons. The van der Waals surface area contributed by atoms with Gasteiger partial charge in [-0.15, -0.1) is 0 Å². The fraction of sp³-hybridized carbons (Fsp3) is 0.250. The van der Waals surface area contributed by atoms with Crippen molar-refractivity contribution >= 4 is 22.5 Å². The molecule has 130 valence electrons. The molecule has 0 saturated carbocycles. The van der Waals surface area contributed by atoms with Crippen LogP contribution in [0.4, 0.5) is 5.69 Å². The average molecular weight is 336 g/mol. The van der Waals surface area contributed by atoms with Crippen molar-refractivity contribution in [3.05, 3.63) is 66.4 Å². The van der Waals surface area contributed by atoms with Gasteiger partial charge in [-0.1, -0.05) is 36.4 Å². The summed E-state index contributed by atoms with van der Waals surface area (Å²) in [5, 5.41) is 4.05. The lowest BCUT2D eigenvalue weighted by atomic mass is 10.1. The van der Waals surface area contributed by atoms with Gasteiger partial charge < -0.3 is 20.9 Å². The summed E-state index contributed by atoms with van der Waals surface area (Å²) in [6, 6.07) is 17.6. The summed E-state index contributed by atoms with van der Waals surface area (Å²) in [5.41, 5.74) is 9.35. The van der Waals surface area contributed by atoms with E-state index in [1.54, 1.807) is 0 Å². The van der Waals surface area contributed by atoms with Crippen molar-refractivity contribution in [1.29, 1.82) is 0 Å². The number of hydrogen-bond acceptors (Lipinski definition) is 3. The summed E-state index contributed by atoms with van der Waals surface area (Å²) >= 11 is 0. The maximum atomic E-state index is 12.3. The van der Waals surface area contributed by atoms with Gasteiger partial charge in [0.1, 0.15) is 0 Å². The summed E-state index contributed by atoms with van der Waals surface area (Å²) in [6.07, 6.45) is 2.45. The number of likely N-dealkylation sites (N-methyl/N-ethyl adjacent to an activating group) is 1. The molecule has 1 aromatic heterocycles. The normalized spacial score (nSPS) is 12.1. The fourth-order valence-electron chi connectivity index (χ4n) is 2.92. The number of rotatable bonds is 7. The van der Waals surface area contributed by atoms with E-state index in [1.165, 1.54) is 0 Å². The highest BCUT2D eigenvalue weighted by Gasteiger charge is 2.16. The molecule has 5 heteroatoms. The Kier molecular flexibility index (Phi) is 5.36. The van der Waals surface area contributed by atoms with E-state index in [1.807, 2.05) is 67.8 Å². The van der Waals surface area contributed by atoms with Crippen molar-refractivity contribution in [2.24, 2.45) is 5.73 Å². The lowest BCUT2D eigenvalue weighted by molar-refractivity contribution is -0.122. The second-order valence-corrected chi connectivity index (χ2v) is 6.22. The first-order valence-corrected chi connectivity index (χ1v) is 8.49. The van der Waals surface area contributed by atoms with Crippen molar-refractivity contribution in [2.45, 2.75) is 12.5 Å². The molecular weight excluding hydrogens is 312 g/mol. The van der Waals surface area contributed by atoms with E-state index in [0.29, 0.717) is 13.0 Å². The third-order valence-corrected chi connectivity index (χ3v) is 4.39. The third-order valence-electron chi connectivity index (χ3n) is 4.39. The number of carbonyl (C=O) groups is 1. The fourth-order valence-corrected chi connectivity index (χ4v) is 2.92. The molecule has 0 fully saturated rings. The Morgan fingerprint density at radius 2 is 1.88 bits per heavy atom. The van der Waals surface area contributed by atoms with Gasteiger partial charge in [-0.3, -0.25) is 4.79 Å². The lowest BCUT2D eigenvalue weighted by Crippen LogP contribution is -2.44. The molecule has 5 nitrogen and oxygen atoms in total. The molecule has 0 aliphatic carbocycles.